The number of esters is 1. The monoisotopic (exact) mass is 339 g/mol. The van der Waals surface area contributed by atoms with Crippen molar-refractivity contribution in [3.8, 4) is 0 Å². The fourth-order valence-electron chi connectivity index (χ4n) is 3.31. The quantitative estimate of drug-likeness (QED) is 0.739. The molecule has 0 radical (unpaired) electrons. The Bertz CT molecular complexity index is 925. The molecule has 0 saturated carbocycles. The Morgan fingerprint density at radius 2 is 2.16 bits per heavy atom. The van der Waals surface area contributed by atoms with Crippen LogP contribution in [0, 0.1) is 0 Å². The molecule has 25 heavy (non-hydrogen) atoms. The number of carbonyl (C=O) groups is 1. The van der Waals surface area contributed by atoms with Gasteiger partial charge in [0, 0.05) is 34.4 Å². The summed E-state index contributed by atoms with van der Waals surface area (Å²) in [4.78, 5) is 16.8. The van der Waals surface area contributed by atoms with Crippen LogP contribution in [0.4, 0.5) is 0 Å². The fraction of sp³-hybridized carbons (Fsp3) is 0.444. The van der Waals surface area contributed by atoms with Gasteiger partial charge in [-0.25, -0.2) is 14.5 Å². The predicted octanol–water partition coefficient (Wildman–Crippen LogP) is 2.97. The van der Waals surface area contributed by atoms with Crippen molar-refractivity contribution in [2.24, 2.45) is 0 Å². The Kier molecular flexibility index (Phi) is 3.99. The second kappa shape index (κ2) is 6.31. The summed E-state index contributed by atoms with van der Waals surface area (Å²) >= 11 is 0. The Hall–Kier alpha value is -2.70. The van der Waals surface area contributed by atoms with E-state index in [9.17, 15) is 4.79 Å². The zero-order valence-electron chi connectivity index (χ0n) is 14.5. The second-order valence-electron chi connectivity index (χ2n) is 6.75. The van der Waals surface area contributed by atoms with Crippen molar-refractivity contribution in [2.45, 2.75) is 52.2 Å². The summed E-state index contributed by atoms with van der Waals surface area (Å²) in [6.45, 7) is 4.30. The highest BCUT2D eigenvalue weighted by Crippen LogP contribution is 2.23. The first kappa shape index (κ1) is 15.8. The summed E-state index contributed by atoms with van der Waals surface area (Å²) in [7, 11) is 0. The number of hydrogen-bond donors (Lipinski definition) is 1. The third-order valence-corrected chi connectivity index (χ3v) is 4.60. The van der Waals surface area contributed by atoms with Crippen LogP contribution < -0.4 is 0 Å². The summed E-state index contributed by atoms with van der Waals surface area (Å²) in [5.74, 6) is -0.377. The van der Waals surface area contributed by atoms with Crippen LogP contribution in [-0.2, 0) is 24.2 Å². The lowest BCUT2D eigenvalue weighted by atomic mass is 9.96. The van der Waals surface area contributed by atoms with E-state index in [1.54, 1.807) is 12.4 Å². The van der Waals surface area contributed by atoms with Crippen LogP contribution in [0.15, 0.2) is 18.5 Å². The van der Waals surface area contributed by atoms with Gasteiger partial charge in [-0.05, 0) is 45.6 Å². The van der Waals surface area contributed by atoms with E-state index in [4.69, 9.17) is 4.74 Å². The fourth-order valence-corrected chi connectivity index (χ4v) is 3.31. The number of rotatable bonds is 4. The molecule has 0 fully saturated rings. The van der Waals surface area contributed by atoms with E-state index in [-0.39, 0.29) is 18.6 Å². The molecule has 4 rings (SSSR count). The standard InChI is InChI=1S/C18H21N5O2/c1-11(2)23-17-13(9-20-23)7-12(8-19-17)10-25-18(24)16-14-5-3-4-6-15(14)21-22-16/h7-9,11H,3-6,10H2,1-2H3,(H,21,22). The van der Waals surface area contributed by atoms with E-state index in [2.05, 4.69) is 34.1 Å². The molecule has 3 heterocycles. The second-order valence-corrected chi connectivity index (χ2v) is 6.75. The third kappa shape index (κ3) is 2.90. The highest BCUT2D eigenvalue weighted by molar-refractivity contribution is 5.89. The molecular formula is C18H21N5O2. The van der Waals surface area contributed by atoms with Gasteiger partial charge in [-0.2, -0.15) is 10.2 Å². The van der Waals surface area contributed by atoms with E-state index >= 15 is 0 Å². The van der Waals surface area contributed by atoms with Gasteiger partial charge >= 0.3 is 5.97 Å². The smallest absolute Gasteiger partial charge is 0.359 e. The number of nitrogens with zero attached hydrogens (tertiary/aromatic N) is 4. The molecule has 1 N–H and O–H groups in total. The Labute approximate surface area is 145 Å². The molecule has 130 valence electrons. The Morgan fingerprint density at radius 3 is 3.00 bits per heavy atom. The average molecular weight is 339 g/mol. The maximum atomic E-state index is 12.4. The number of carbonyl (C=O) groups excluding carboxylic acids is 1. The van der Waals surface area contributed by atoms with Crippen LogP contribution in [-0.4, -0.2) is 30.9 Å². The minimum Gasteiger partial charge on any atom is -0.456 e. The molecule has 3 aromatic heterocycles. The average Bonchev–Trinajstić information content (AvgIpc) is 3.23. The van der Waals surface area contributed by atoms with Crippen molar-refractivity contribution in [3.05, 3.63) is 41.0 Å². The number of aryl methyl sites for hydroxylation is 1. The number of nitrogens with one attached hydrogen (secondary N) is 1. The normalized spacial score (nSPS) is 14.0. The van der Waals surface area contributed by atoms with Gasteiger partial charge in [0.25, 0.3) is 0 Å². The summed E-state index contributed by atoms with van der Waals surface area (Å²) in [5, 5.41) is 12.4. The molecular weight excluding hydrogens is 318 g/mol. The van der Waals surface area contributed by atoms with Crippen molar-refractivity contribution in [1.29, 1.82) is 0 Å². The van der Waals surface area contributed by atoms with Gasteiger partial charge < -0.3 is 4.74 Å². The first-order valence-electron chi connectivity index (χ1n) is 8.69. The van der Waals surface area contributed by atoms with Crippen molar-refractivity contribution < 1.29 is 9.53 Å². The largest absolute Gasteiger partial charge is 0.456 e. The zero-order chi connectivity index (χ0) is 17.4. The molecule has 7 nitrogen and oxygen atoms in total. The molecule has 0 aliphatic heterocycles. The van der Waals surface area contributed by atoms with Crippen LogP contribution in [0.5, 0.6) is 0 Å². The van der Waals surface area contributed by atoms with Gasteiger partial charge in [0.15, 0.2) is 11.3 Å². The van der Waals surface area contributed by atoms with Gasteiger partial charge in [0.2, 0.25) is 0 Å². The van der Waals surface area contributed by atoms with E-state index in [0.717, 1.165) is 53.5 Å². The number of fused-ring (bicyclic) bond motifs is 2. The Balaban J connectivity index is 1.48. The molecule has 0 amide bonds. The molecule has 0 spiro atoms. The number of aromatic nitrogens is 5. The van der Waals surface area contributed by atoms with E-state index in [1.165, 1.54) is 0 Å². The molecule has 1 aliphatic rings. The molecule has 0 bridgehead atoms. The zero-order valence-corrected chi connectivity index (χ0v) is 14.5. The topological polar surface area (TPSA) is 85.7 Å². The summed E-state index contributed by atoms with van der Waals surface area (Å²) in [6, 6.07) is 2.21. The van der Waals surface area contributed by atoms with Gasteiger partial charge in [-0.3, -0.25) is 5.10 Å². The van der Waals surface area contributed by atoms with Crippen LogP contribution in [0.2, 0.25) is 0 Å². The number of H-pyrrole nitrogens is 1. The predicted molar refractivity (Wildman–Crippen MR) is 92.3 cm³/mol. The highest BCUT2D eigenvalue weighted by atomic mass is 16.5. The SMILES string of the molecule is CC(C)n1ncc2cc(COC(=O)c3n[nH]c4c3CCCC4)cnc21. The Morgan fingerprint density at radius 1 is 1.32 bits per heavy atom. The van der Waals surface area contributed by atoms with Crippen LogP contribution >= 0.6 is 0 Å². The molecule has 0 saturated heterocycles. The first-order valence-corrected chi connectivity index (χ1v) is 8.69. The lowest BCUT2D eigenvalue weighted by molar-refractivity contribution is 0.0464. The number of aromatic amines is 1. The summed E-state index contributed by atoms with van der Waals surface area (Å²) in [6.07, 6.45) is 7.59. The van der Waals surface area contributed by atoms with Crippen molar-refractivity contribution in [2.75, 3.05) is 0 Å². The van der Waals surface area contributed by atoms with Gasteiger partial charge in [0.1, 0.15) is 6.61 Å². The lowest BCUT2D eigenvalue weighted by Crippen LogP contribution is -2.10. The summed E-state index contributed by atoms with van der Waals surface area (Å²) in [5.41, 5.74) is 4.20. The first-order chi connectivity index (χ1) is 12.1. The van der Waals surface area contributed by atoms with E-state index < -0.39 is 0 Å². The van der Waals surface area contributed by atoms with Crippen LogP contribution in [0.25, 0.3) is 11.0 Å². The molecule has 0 atom stereocenters. The maximum absolute atomic E-state index is 12.4. The molecule has 0 unspecified atom stereocenters. The van der Waals surface area contributed by atoms with Crippen molar-refractivity contribution >= 4 is 17.0 Å². The molecule has 3 aromatic rings. The minimum absolute atomic E-state index is 0.177. The number of hydrogen-bond acceptors (Lipinski definition) is 5. The minimum atomic E-state index is -0.377. The van der Waals surface area contributed by atoms with Crippen molar-refractivity contribution in [1.82, 2.24) is 25.0 Å². The van der Waals surface area contributed by atoms with Crippen molar-refractivity contribution in [3.63, 3.8) is 0 Å². The van der Waals surface area contributed by atoms with Gasteiger partial charge in [0.05, 0.1) is 6.20 Å². The molecule has 1 aliphatic carbocycles. The van der Waals surface area contributed by atoms with E-state index in [1.807, 2.05) is 10.7 Å². The number of ether oxygens (including phenoxy) is 1. The third-order valence-electron chi connectivity index (χ3n) is 4.60. The number of pyridine rings is 1. The van der Waals surface area contributed by atoms with Gasteiger partial charge in [-0.15, -0.1) is 0 Å². The van der Waals surface area contributed by atoms with Crippen LogP contribution in [0.1, 0.15) is 60.0 Å². The van der Waals surface area contributed by atoms with E-state index in [0.29, 0.717) is 5.69 Å². The summed E-state index contributed by atoms with van der Waals surface area (Å²) < 4.78 is 7.33. The van der Waals surface area contributed by atoms with Crippen LogP contribution in [0.3, 0.4) is 0 Å². The lowest BCUT2D eigenvalue weighted by Gasteiger charge is -2.11. The maximum Gasteiger partial charge on any atom is 0.359 e. The van der Waals surface area contributed by atoms with Gasteiger partial charge in [-0.1, -0.05) is 0 Å². The highest BCUT2D eigenvalue weighted by Gasteiger charge is 2.22. The molecule has 0 aromatic carbocycles. The molecule has 7 heteroatoms.